The van der Waals surface area contributed by atoms with E-state index < -0.39 is 0 Å². The fraction of sp³-hybridized carbons (Fsp3) is 1.00. The van der Waals surface area contributed by atoms with Gasteiger partial charge in [0.1, 0.15) is 0 Å². The number of nitrogens with zero attached hydrogens (tertiary/aromatic N) is 1. The van der Waals surface area contributed by atoms with Crippen LogP contribution in [0.15, 0.2) is 0 Å². The van der Waals surface area contributed by atoms with Gasteiger partial charge in [0.15, 0.2) is 0 Å². The van der Waals surface area contributed by atoms with Crippen LogP contribution in [-0.4, -0.2) is 36.1 Å². The fourth-order valence-corrected chi connectivity index (χ4v) is 3.36. The first-order chi connectivity index (χ1) is 7.51. The summed E-state index contributed by atoms with van der Waals surface area (Å²) in [5, 5.41) is 3.69. The van der Waals surface area contributed by atoms with Crippen LogP contribution >= 0.6 is 0 Å². The van der Waals surface area contributed by atoms with Crippen LogP contribution in [0.2, 0.25) is 0 Å². The quantitative estimate of drug-likeness (QED) is 0.793. The Labute approximate surface area is 101 Å². The molecule has 16 heavy (non-hydrogen) atoms. The van der Waals surface area contributed by atoms with Crippen LogP contribution in [0.1, 0.15) is 53.4 Å². The second kappa shape index (κ2) is 4.66. The third-order valence-electron chi connectivity index (χ3n) is 4.42. The number of rotatable bonds is 3. The molecular formula is C14H28N2. The number of hydrogen-bond donors (Lipinski definition) is 1. The minimum absolute atomic E-state index is 0.646. The van der Waals surface area contributed by atoms with Crippen molar-refractivity contribution in [2.24, 2.45) is 5.41 Å². The molecule has 0 bridgehead atoms. The first-order valence-electron chi connectivity index (χ1n) is 7.01. The molecule has 2 fully saturated rings. The summed E-state index contributed by atoms with van der Waals surface area (Å²) >= 11 is 0. The molecule has 2 heteroatoms. The molecular weight excluding hydrogens is 196 g/mol. The van der Waals surface area contributed by atoms with Gasteiger partial charge in [0.25, 0.3) is 0 Å². The maximum absolute atomic E-state index is 3.69. The van der Waals surface area contributed by atoms with E-state index in [4.69, 9.17) is 0 Å². The van der Waals surface area contributed by atoms with Gasteiger partial charge in [-0.15, -0.1) is 0 Å². The lowest BCUT2D eigenvalue weighted by Gasteiger charge is -2.55. The molecule has 1 spiro atoms. The summed E-state index contributed by atoms with van der Waals surface area (Å²) in [4.78, 5) is 2.62. The van der Waals surface area contributed by atoms with Crippen molar-refractivity contribution in [3.63, 3.8) is 0 Å². The molecule has 2 nitrogen and oxygen atoms in total. The van der Waals surface area contributed by atoms with E-state index in [2.05, 4.69) is 37.9 Å². The summed E-state index contributed by atoms with van der Waals surface area (Å²) in [6, 6.07) is 2.18. The summed E-state index contributed by atoms with van der Waals surface area (Å²) in [6.45, 7) is 11.9. The average molecular weight is 224 g/mol. The zero-order valence-electron chi connectivity index (χ0n) is 11.4. The predicted molar refractivity (Wildman–Crippen MR) is 69.7 cm³/mol. The number of nitrogens with one attached hydrogen (secondary N) is 1. The Balaban J connectivity index is 1.74. The zero-order valence-corrected chi connectivity index (χ0v) is 11.4. The van der Waals surface area contributed by atoms with E-state index in [0.29, 0.717) is 11.5 Å². The summed E-state index contributed by atoms with van der Waals surface area (Å²) in [5.74, 6) is 0. The van der Waals surface area contributed by atoms with Gasteiger partial charge in [-0.25, -0.2) is 0 Å². The van der Waals surface area contributed by atoms with E-state index in [9.17, 15) is 0 Å². The molecule has 0 aromatic carbocycles. The fourth-order valence-electron chi connectivity index (χ4n) is 3.36. The summed E-state index contributed by atoms with van der Waals surface area (Å²) in [5.41, 5.74) is 0.708. The van der Waals surface area contributed by atoms with Gasteiger partial charge in [0.2, 0.25) is 0 Å². The highest BCUT2D eigenvalue weighted by Gasteiger charge is 2.45. The van der Waals surface area contributed by atoms with Crippen molar-refractivity contribution < 1.29 is 0 Å². The van der Waals surface area contributed by atoms with E-state index >= 15 is 0 Å². The summed E-state index contributed by atoms with van der Waals surface area (Å²) in [6.07, 6.45) is 5.68. The molecule has 2 rings (SSSR count). The monoisotopic (exact) mass is 224 g/mol. The van der Waals surface area contributed by atoms with Crippen molar-refractivity contribution in [2.75, 3.05) is 13.1 Å². The van der Waals surface area contributed by atoms with Crippen molar-refractivity contribution in [1.82, 2.24) is 10.2 Å². The van der Waals surface area contributed by atoms with Crippen LogP contribution in [0, 0.1) is 5.41 Å². The van der Waals surface area contributed by atoms with Gasteiger partial charge >= 0.3 is 0 Å². The second-order valence-corrected chi connectivity index (χ2v) is 6.59. The lowest BCUT2D eigenvalue weighted by atomic mass is 9.67. The molecule has 0 aromatic heterocycles. The molecule has 94 valence electrons. The minimum atomic E-state index is 0.646. The molecule has 0 unspecified atom stereocenters. The van der Waals surface area contributed by atoms with E-state index in [1.54, 1.807) is 0 Å². The Morgan fingerprint density at radius 2 is 1.62 bits per heavy atom. The highest BCUT2D eigenvalue weighted by Crippen LogP contribution is 2.44. The minimum Gasteiger partial charge on any atom is -0.312 e. The number of hydrogen-bond acceptors (Lipinski definition) is 2. The van der Waals surface area contributed by atoms with Crippen molar-refractivity contribution in [3.05, 3.63) is 0 Å². The van der Waals surface area contributed by atoms with Crippen molar-refractivity contribution in [2.45, 2.75) is 71.5 Å². The van der Waals surface area contributed by atoms with Crippen LogP contribution in [-0.2, 0) is 0 Å². The normalized spacial score (nSPS) is 26.6. The van der Waals surface area contributed by atoms with Gasteiger partial charge in [0.05, 0.1) is 0 Å². The van der Waals surface area contributed by atoms with Crippen molar-refractivity contribution in [1.29, 1.82) is 0 Å². The Morgan fingerprint density at radius 3 is 2.06 bits per heavy atom. The molecule has 0 atom stereocenters. The molecule has 1 heterocycles. The molecule has 2 aliphatic rings. The Kier molecular flexibility index (Phi) is 3.60. The summed E-state index contributed by atoms with van der Waals surface area (Å²) in [7, 11) is 0. The third-order valence-corrected chi connectivity index (χ3v) is 4.42. The molecule has 1 saturated heterocycles. The van der Waals surface area contributed by atoms with Gasteiger partial charge in [-0.05, 0) is 44.9 Å². The van der Waals surface area contributed by atoms with Crippen LogP contribution in [0.5, 0.6) is 0 Å². The molecule has 1 aliphatic carbocycles. The van der Waals surface area contributed by atoms with Gasteiger partial charge < -0.3 is 5.32 Å². The van der Waals surface area contributed by atoms with Crippen LogP contribution in [0.3, 0.4) is 0 Å². The second-order valence-electron chi connectivity index (χ2n) is 6.59. The molecule has 1 aliphatic heterocycles. The predicted octanol–water partition coefficient (Wildman–Crippen LogP) is 2.64. The maximum Gasteiger partial charge on any atom is 0.00698 e. The van der Waals surface area contributed by atoms with Gasteiger partial charge in [-0.2, -0.15) is 0 Å². The summed E-state index contributed by atoms with van der Waals surface area (Å²) < 4.78 is 0. The highest BCUT2D eigenvalue weighted by molar-refractivity contribution is 4.99. The topological polar surface area (TPSA) is 15.3 Å². The lowest BCUT2D eigenvalue weighted by molar-refractivity contribution is -0.0516. The zero-order chi connectivity index (χ0) is 11.8. The Hall–Kier alpha value is -0.0800. The van der Waals surface area contributed by atoms with Crippen molar-refractivity contribution in [3.8, 4) is 0 Å². The largest absolute Gasteiger partial charge is 0.312 e. The maximum atomic E-state index is 3.69. The van der Waals surface area contributed by atoms with E-state index in [0.717, 1.165) is 12.1 Å². The highest BCUT2D eigenvalue weighted by atomic mass is 15.2. The van der Waals surface area contributed by atoms with Crippen LogP contribution in [0.4, 0.5) is 0 Å². The smallest absolute Gasteiger partial charge is 0.00698 e. The van der Waals surface area contributed by atoms with Crippen LogP contribution < -0.4 is 5.32 Å². The molecule has 1 saturated carbocycles. The molecule has 1 N–H and O–H groups in total. The Morgan fingerprint density at radius 1 is 1.06 bits per heavy atom. The van der Waals surface area contributed by atoms with Crippen LogP contribution in [0.25, 0.3) is 0 Å². The third kappa shape index (κ3) is 2.60. The molecule has 0 radical (unpaired) electrons. The SMILES string of the molecule is CC(C)NC1CCC2(CC1)CN(C(C)C)C2. The number of likely N-dealkylation sites (tertiary alicyclic amines) is 1. The van der Waals surface area contributed by atoms with Gasteiger partial charge in [-0.1, -0.05) is 13.8 Å². The van der Waals surface area contributed by atoms with Crippen molar-refractivity contribution >= 4 is 0 Å². The lowest BCUT2D eigenvalue weighted by Crippen LogP contribution is -2.60. The van der Waals surface area contributed by atoms with Gasteiger partial charge in [-0.3, -0.25) is 4.90 Å². The van der Waals surface area contributed by atoms with E-state index in [-0.39, 0.29) is 0 Å². The van der Waals surface area contributed by atoms with E-state index in [1.165, 1.54) is 38.8 Å². The Bertz CT molecular complexity index is 219. The van der Waals surface area contributed by atoms with Gasteiger partial charge in [0, 0.05) is 31.2 Å². The molecule has 0 aromatic rings. The first-order valence-corrected chi connectivity index (χ1v) is 7.01. The average Bonchev–Trinajstić information content (AvgIpc) is 2.14. The first kappa shape index (κ1) is 12.4. The van der Waals surface area contributed by atoms with E-state index in [1.807, 2.05) is 0 Å². The molecule has 0 amide bonds. The standard InChI is InChI=1S/C14H28N2/c1-11(2)15-13-5-7-14(8-6-13)9-16(10-14)12(3)4/h11-13,15H,5-10H2,1-4H3.